The number of rotatable bonds is 6. The van der Waals surface area contributed by atoms with Crippen LogP contribution < -0.4 is 0 Å². The molecule has 0 aromatic carbocycles. The molecule has 0 heterocycles. The van der Waals surface area contributed by atoms with Gasteiger partial charge in [-0.1, -0.05) is 0 Å². The normalized spacial score (nSPS) is 18.4. The molecule has 2 rings (SSSR count). The van der Waals surface area contributed by atoms with E-state index in [0.29, 0.717) is 3.81 Å². The number of halogens is 2. The van der Waals surface area contributed by atoms with Gasteiger partial charge in [0.1, 0.15) is 0 Å². The van der Waals surface area contributed by atoms with Crippen molar-refractivity contribution in [3.05, 3.63) is 43.0 Å². The Hall–Kier alpha value is 0.687. The Balaban J connectivity index is 0.00000288. The Bertz CT molecular complexity index is 633. The summed E-state index contributed by atoms with van der Waals surface area (Å²) in [5.74, 6) is -0.976. The van der Waals surface area contributed by atoms with Crippen molar-refractivity contribution in [3.8, 4) is 0 Å². The van der Waals surface area contributed by atoms with E-state index in [2.05, 4.69) is 86.7 Å². The van der Waals surface area contributed by atoms with Crippen LogP contribution in [0.4, 0.5) is 0 Å². The molecule has 0 fully saturated rings. The second-order valence-corrected chi connectivity index (χ2v) is 45.0. The van der Waals surface area contributed by atoms with Gasteiger partial charge in [0.05, 0.1) is 0 Å². The van der Waals surface area contributed by atoms with Gasteiger partial charge in [-0.25, -0.2) is 0 Å². The zero-order valence-electron chi connectivity index (χ0n) is 16.8. The SMILES string of the molecule is C[CH]=[Zr]([C]1=CC=CC1)([C]1=CC=CC1)([CH](C)O[Si](C)(C)C)[SiH](C)C.Cl.Cl. The molecule has 1 atom stereocenters. The molecule has 0 aromatic heterocycles. The fourth-order valence-electron chi connectivity index (χ4n) is 5.26. The second-order valence-electron chi connectivity index (χ2n) is 8.46. The largest absolute Gasteiger partial charge is 0.147 e. The molecule has 0 N–H and O–H groups in total. The van der Waals surface area contributed by atoms with Gasteiger partial charge in [0.15, 0.2) is 0 Å². The van der Waals surface area contributed by atoms with E-state index in [-0.39, 0.29) is 24.8 Å². The van der Waals surface area contributed by atoms with E-state index < -0.39 is 31.7 Å². The molecule has 2 aliphatic carbocycles. The molecule has 0 aromatic rings. The van der Waals surface area contributed by atoms with Gasteiger partial charge in [-0.05, 0) is 0 Å². The summed E-state index contributed by atoms with van der Waals surface area (Å²) >= 11 is -3.49. The summed E-state index contributed by atoms with van der Waals surface area (Å²) in [7, 11) is -1.58. The maximum Gasteiger partial charge on any atom is -0.147 e. The number of allylic oxidation sites excluding steroid dienone is 8. The summed E-state index contributed by atoms with van der Waals surface area (Å²) in [5.41, 5.74) is 0. The quantitative estimate of drug-likeness (QED) is 0.396. The molecule has 1 nitrogen and oxygen atoms in total. The summed E-state index contributed by atoms with van der Waals surface area (Å²) in [6.07, 6.45) is 16.5. The molecule has 0 amide bonds. The van der Waals surface area contributed by atoms with Crippen molar-refractivity contribution in [2.45, 2.75) is 63.2 Å². The van der Waals surface area contributed by atoms with Gasteiger partial charge >= 0.3 is 146 Å². The van der Waals surface area contributed by atoms with Gasteiger partial charge in [0.2, 0.25) is 0 Å². The van der Waals surface area contributed by atoms with Crippen LogP contribution in [0, 0.1) is 0 Å². The first-order valence-electron chi connectivity index (χ1n) is 9.05. The molecule has 6 heteroatoms. The van der Waals surface area contributed by atoms with Crippen molar-refractivity contribution in [1.29, 1.82) is 0 Å². The van der Waals surface area contributed by atoms with Crippen LogP contribution in [0.1, 0.15) is 26.7 Å². The molecular formula is C19H36Cl2OSi2Zr. The van der Waals surface area contributed by atoms with E-state index >= 15 is 0 Å². The molecule has 0 aliphatic heterocycles. The van der Waals surface area contributed by atoms with Crippen LogP contribution in [0.3, 0.4) is 0 Å². The zero-order chi connectivity index (χ0) is 17.3. The maximum atomic E-state index is 6.88. The van der Waals surface area contributed by atoms with Crippen LogP contribution in [-0.2, 0) is 21.9 Å². The molecule has 0 saturated carbocycles. The third kappa shape index (κ3) is 4.10. The molecule has 0 saturated heterocycles. The predicted molar refractivity (Wildman–Crippen MR) is 123 cm³/mol. The Kier molecular flexibility index (Phi) is 9.51. The summed E-state index contributed by atoms with van der Waals surface area (Å²) in [4.78, 5) is 0. The molecule has 0 spiro atoms. The molecule has 25 heavy (non-hydrogen) atoms. The first-order valence-corrected chi connectivity index (χ1v) is 24.9. The van der Waals surface area contributed by atoms with E-state index in [9.17, 15) is 0 Å². The van der Waals surface area contributed by atoms with Crippen LogP contribution in [-0.4, -0.2) is 21.8 Å². The first kappa shape index (κ1) is 25.7. The van der Waals surface area contributed by atoms with E-state index in [1.165, 1.54) is 0 Å². The smallest absolute Gasteiger partial charge is 0.147 e. The molecule has 1 unspecified atom stereocenters. The van der Waals surface area contributed by atoms with Crippen molar-refractivity contribution in [1.82, 2.24) is 0 Å². The second kappa shape index (κ2) is 9.25. The van der Waals surface area contributed by atoms with Crippen molar-refractivity contribution >= 4 is 42.8 Å². The molecule has 144 valence electrons. The van der Waals surface area contributed by atoms with Crippen LogP contribution in [0.25, 0.3) is 0 Å². The topological polar surface area (TPSA) is 9.23 Å². The van der Waals surface area contributed by atoms with Crippen LogP contribution >= 0.6 is 24.8 Å². The zero-order valence-corrected chi connectivity index (χ0v) is 23.1. The van der Waals surface area contributed by atoms with Crippen LogP contribution in [0.15, 0.2) is 43.0 Å². The van der Waals surface area contributed by atoms with Gasteiger partial charge < -0.3 is 0 Å². The molecule has 2 aliphatic rings. The van der Waals surface area contributed by atoms with E-state index in [1.54, 1.807) is 6.56 Å². The van der Waals surface area contributed by atoms with Crippen LogP contribution in [0.2, 0.25) is 32.7 Å². The maximum absolute atomic E-state index is 6.88. The molecule has 0 bridgehead atoms. The monoisotopic (exact) mass is 496 g/mol. The summed E-state index contributed by atoms with van der Waals surface area (Å²) < 4.78 is 13.5. The minimum absolute atomic E-state index is 0. The Morgan fingerprint density at radius 1 is 1.04 bits per heavy atom. The van der Waals surface area contributed by atoms with Crippen molar-refractivity contribution < 1.29 is 21.9 Å². The summed E-state index contributed by atoms with van der Waals surface area (Å²) in [5, 5.41) is 0. The first-order chi connectivity index (χ1) is 10.7. The van der Waals surface area contributed by atoms with E-state index in [4.69, 9.17) is 4.43 Å². The van der Waals surface area contributed by atoms with Gasteiger partial charge in [-0.3, -0.25) is 0 Å². The Labute approximate surface area is 169 Å². The van der Waals surface area contributed by atoms with E-state index in [1.807, 2.05) is 0 Å². The van der Waals surface area contributed by atoms with Crippen molar-refractivity contribution in [3.63, 3.8) is 0 Å². The van der Waals surface area contributed by atoms with Crippen molar-refractivity contribution in [2.75, 3.05) is 0 Å². The summed E-state index contributed by atoms with van der Waals surface area (Å²) in [6.45, 7) is 17.0. The number of hydrogen-bond acceptors (Lipinski definition) is 1. The minimum Gasteiger partial charge on any atom is -0.147 e. The van der Waals surface area contributed by atoms with Crippen molar-refractivity contribution in [2.24, 2.45) is 0 Å². The molecular weight excluding hydrogens is 463 g/mol. The predicted octanol–water partition coefficient (Wildman–Crippen LogP) is 6.21. The van der Waals surface area contributed by atoms with Crippen LogP contribution in [0.5, 0.6) is 0 Å². The Morgan fingerprint density at radius 2 is 1.48 bits per heavy atom. The van der Waals surface area contributed by atoms with Gasteiger partial charge in [0, 0.05) is 0 Å². The molecule has 0 radical (unpaired) electrons. The average Bonchev–Trinajstić information content (AvgIpc) is 3.12. The van der Waals surface area contributed by atoms with E-state index in [0.717, 1.165) is 12.8 Å². The fourth-order valence-corrected chi connectivity index (χ4v) is 52.3. The fraction of sp³-hybridized carbons (Fsp3) is 0.526. The third-order valence-corrected chi connectivity index (χ3v) is 54.4. The van der Waals surface area contributed by atoms with Gasteiger partial charge in [-0.2, -0.15) is 0 Å². The standard InChI is InChI=1S/C5H13OSi.2C5H5.C2H7Si.C2H4.2ClH.Zr/c1-5-6-7(2,3)4;2*1-2-4-5-3-1;1-3-2;1-2;;;/h5H,1-4H3;2*1-3H,4H2;3H,1-2H3;1H,2H3;2*1H;. The number of hydrogen-bond donors (Lipinski definition) is 0. The minimum atomic E-state index is -3.49. The Morgan fingerprint density at radius 3 is 1.72 bits per heavy atom. The third-order valence-electron chi connectivity index (χ3n) is 6.25. The van der Waals surface area contributed by atoms with Gasteiger partial charge in [-0.15, -0.1) is 24.8 Å². The average molecular weight is 499 g/mol. The summed E-state index contributed by atoms with van der Waals surface area (Å²) in [6, 6.07) is 0. The van der Waals surface area contributed by atoms with Gasteiger partial charge in [0.25, 0.3) is 0 Å².